The van der Waals surface area contributed by atoms with Crippen LogP contribution in [0.5, 0.6) is 5.75 Å². The van der Waals surface area contributed by atoms with E-state index < -0.39 is 0 Å². The summed E-state index contributed by atoms with van der Waals surface area (Å²) in [6.07, 6.45) is 2.32. The van der Waals surface area contributed by atoms with Crippen LogP contribution in [-0.4, -0.2) is 19.3 Å². The van der Waals surface area contributed by atoms with Gasteiger partial charge in [-0.2, -0.15) is 0 Å². The number of benzene rings is 1. The van der Waals surface area contributed by atoms with Crippen LogP contribution in [-0.2, 0) is 4.74 Å². The van der Waals surface area contributed by atoms with Crippen molar-refractivity contribution in [3.8, 4) is 5.75 Å². The van der Waals surface area contributed by atoms with Gasteiger partial charge in [0, 0.05) is 17.9 Å². The molecule has 1 atom stereocenters. The molecule has 1 aliphatic heterocycles. The van der Waals surface area contributed by atoms with Crippen LogP contribution in [0.1, 0.15) is 18.4 Å². The van der Waals surface area contributed by atoms with E-state index in [2.05, 4.69) is 0 Å². The van der Waals surface area contributed by atoms with E-state index in [9.17, 15) is 0 Å². The van der Waals surface area contributed by atoms with E-state index in [0.717, 1.165) is 36.4 Å². The largest absolute Gasteiger partial charge is 0.488 e. The Morgan fingerprint density at radius 3 is 3.07 bits per heavy atom. The number of rotatable bonds is 2. The van der Waals surface area contributed by atoms with Crippen LogP contribution in [0.4, 0.5) is 5.69 Å². The van der Waals surface area contributed by atoms with Crippen molar-refractivity contribution in [2.75, 3.05) is 18.9 Å². The van der Waals surface area contributed by atoms with E-state index in [0.29, 0.717) is 6.61 Å². The molecule has 2 N–H and O–H groups in total. The first-order valence-electron chi connectivity index (χ1n) is 5.37. The van der Waals surface area contributed by atoms with E-state index in [1.165, 1.54) is 0 Å². The second kappa shape index (κ2) is 4.53. The molecule has 15 heavy (non-hydrogen) atoms. The molecule has 1 saturated heterocycles. The fourth-order valence-corrected chi connectivity index (χ4v) is 1.74. The molecular formula is C12H17NO2. The van der Waals surface area contributed by atoms with Gasteiger partial charge in [-0.3, -0.25) is 0 Å². The number of ether oxygens (including phenoxy) is 2. The van der Waals surface area contributed by atoms with Gasteiger partial charge in [0.1, 0.15) is 11.9 Å². The quantitative estimate of drug-likeness (QED) is 0.755. The second-order valence-corrected chi connectivity index (χ2v) is 3.93. The Bertz CT molecular complexity index is 332. The molecule has 3 heteroatoms. The average Bonchev–Trinajstić information content (AvgIpc) is 2.26. The molecule has 0 bridgehead atoms. The third-order valence-corrected chi connectivity index (χ3v) is 2.74. The predicted molar refractivity (Wildman–Crippen MR) is 60.1 cm³/mol. The minimum absolute atomic E-state index is 0.180. The highest BCUT2D eigenvalue weighted by atomic mass is 16.5. The molecule has 82 valence electrons. The number of nitrogen functional groups attached to an aromatic ring is 1. The van der Waals surface area contributed by atoms with Crippen molar-refractivity contribution < 1.29 is 9.47 Å². The van der Waals surface area contributed by atoms with Crippen molar-refractivity contribution in [2.24, 2.45) is 0 Å². The Morgan fingerprint density at radius 2 is 2.33 bits per heavy atom. The minimum atomic E-state index is 0.180. The van der Waals surface area contributed by atoms with Crippen molar-refractivity contribution in [3.05, 3.63) is 23.8 Å². The molecule has 1 aliphatic rings. The Labute approximate surface area is 90.2 Å². The first-order valence-corrected chi connectivity index (χ1v) is 5.37. The van der Waals surface area contributed by atoms with E-state index in [1.54, 1.807) is 0 Å². The van der Waals surface area contributed by atoms with Crippen LogP contribution in [0.3, 0.4) is 0 Å². The summed E-state index contributed by atoms with van der Waals surface area (Å²) in [6.45, 7) is 3.53. The average molecular weight is 207 g/mol. The predicted octanol–water partition coefficient (Wildman–Crippen LogP) is 2.14. The highest BCUT2D eigenvalue weighted by Crippen LogP contribution is 2.25. The fourth-order valence-electron chi connectivity index (χ4n) is 1.74. The zero-order valence-corrected chi connectivity index (χ0v) is 9.03. The lowest BCUT2D eigenvalue weighted by atomic mass is 10.1. The molecular weight excluding hydrogens is 190 g/mol. The Hall–Kier alpha value is -1.22. The number of hydrogen-bond donors (Lipinski definition) is 1. The van der Waals surface area contributed by atoms with Gasteiger partial charge >= 0.3 is 0 Å². The monoisotopic (exact) mass is 207 g/mol. The lowest BCUT2D eigenvalue weighted by Crippen LogP contribution is -2.28. The SMILES string of the molecule is Cc1c(N)cccc1OC1CCCOC1. The summed E-state index contributed by atoms with van der Waals surface area (Å²) in [6, 6.07) is 5.77. The normalized spacial score (nSPS) is 21.3. The van der Waals surface area contributed by atoms with E-state index in [1.807, 2.05) is 25.1 Å². The lowest BCUT2D eigenvalue weighted by molar-refractivity contribution is 0.00719. The molecule has 1 aromatic rings. The van der Waals surface area contributed by atoms with Crippen molar-refractivity contribution >= 4 is 5.69 Å². The summed E-state index contributed by atoms with van der Waals surface area (Å²) in [7, 11) is 0. The molecule has 0 amide bonds. The first kappa shape index (κ1) is 10.3. The minimum Gasteiger partial charge on any atom is -0.488 e. The third-order valence-electron chi connectivity index (χ3n) is 2.74. The summed E-state index contributed by atoms with van der Waals surface area (Å²) >= 11 is 0. The molecule has 0 aliphatic carbocycles. The maximum atomic E-state index is 5.86. The van der Waals surface area contributed by atoms with Gasteiger partial charge in [-0.15, -0.1) is 0 Å². The number of anilines is 1. The van der Waals surface area contributed by atoms with Gasteiger partial charge in [0.05, 0.1) is 6.61 Å². The summed E-state index contributed by atoms with van der Waals surface area (Å²) < 4.78 is 11.2. The molecule has 3 nitrogen and oxygen atoms in total. The highest BCUT2D eigenvalue weighted by Gasteiger charge is 2.16. The van der Waals surface area contributed by atoms with Gasteiger partial charge < -0.3 is 15.2 Å². The number of nitrogens with two attached hydrogens (primary N) is 1. The van der Waals surface area contributed by atoms with Crippen LogP contribution < -0.4 is 10.5 Å². The van der Waals surface area contributed by atoms with Gasteiger partial charge in [0.15, 0.2) is 0 Å². The van der Waals surface area contributed by atoms with E-state index >= 15 is 0 Å². The molecule has 2 rings (SSSR count). The molecule has 0 aromatic heterocycles. The van der Waals surface area contributed by atoms with Crippen LogP contribution in [0, 0.1) is 6.92 Å². The Kier molecular flexibility index (Phi) is 3.11. The summed E-state index contributed by atoms with van der Waals surface area (Å²) in [4.78, 5) is 0. The van der Waals surface area contributed by atoms with Crippen molar-refractivity contribution in [3.63, 3.8) is 0 Å². The summed E-state index contributed by atoms with van der Waals surface area (Å²) in [5.41, 5.74) is 7.61. The van der Waals surface area contributed by atoms with Crippen LogP contribution in [0.2, 0.25) is 0 Å². The Balaban J connectivity index is 2.06. The highest BCUT2D eigenvalue weighted by molar-refractivity contribution is 5.53. The Morgan fingerprint density at radius 1 is 1.47 bits per heavy atom. The molecule has 1 heterocycles. The molecule has 1 unspecified atom stereocenters. The van der Waals surface area contributed by atoms with Crippen LogP contribution >= 0.6 is 0 Å². The lowest BCUT2D eigenvalue weighted by Gasteiger charge is -2.24. The fraction of sp³-hybridized carbons (Fsp3) is 0.500. The maximum absolute atomic E-state index is 5.86. The zero-order chi connectivity index (χ0) is 10.7. The zero-order valence-electron chi connectivity index (χ0n) is 9.03. The second-order valence-electron chi connectivity index (χ2n) is 3.93. The summed E-state index contributed by atoms with van der Waals surface area (Å²) in [5, 5.41) is 0. The molecule has 1 aromatic carbocycles. The van der Waals surface area contributed by atoms with Crippen molar-refractivity contribution in [2.45, 2.75) is 25.9 Å². The third kappa shape index (κ3) is 2.42. The molecule has 1 fully saturated rings. The summed E-state index contributed by atoms with van der Waals surface area (Å²) in [5.74, 6) is 0.880. The van der Waals surface area contributed by atoms with E-state index in [4.69, 9.17) is 15.2 Å². The molecule has 0 saturated carbocycles. The number of hydrogen-bond acceptors (Lipinski definition) is 3. The van der Waals surface area contributed by atoms with E-state index in [-0.39, 0.29) is 6.10 Å². The van der Waals surface area contributed by atoms with Crippen molar-refractivity contribution in [1.29, 1.82) is 0 Å². The van der Waals surface area contributed by atoms with Crippen LogP contribution in [0.25, 0.3) is 0 Å². The van der Waals surface area contributed by atoms with Crippen molar-refractivity contribution in [1.82, 2.24) is 0 Å². The topological polar surface area (TPSA) is 44.5 Å². The van der Waals surface area contributed by atoms with Gasteiger partial charge in [-0.1, -0.05) is 6.07 Å². The van der Waals surface area contributed by atoms with Gasteiger partial charge in [0.25, 0.3) is 0 Å². The van der Waals surface area contributed by atoms with Gasteiger partial charge in [-0.25, -0.2) is 0 Å². The molecule has 0 radical (unpaired) electrons. The smallest absolute Gasteiger partial charge is 0.124 e. The molecule has 0 spiro atoms. The maximum Gasteiger partial charge on any atom is 0.124 e. The first-order chi connectivity index (χ1) is 7.27. The van der Waals surface area contributed by atoms with Gasteiger partial charge in [-0.05, 0) is 31.9 Å². The van der Waals surface area contributed by atoms with Gasteiger partial charge in [0.2, 0.25) is 0 Å². The van der Waals surface area contributed by atoms with Crippen LogP contribution in [0.15, 0.2) is 18.2 Å². The standard InChI is InChI=1S/C12H17NO2/c1-9-11(13)5-2-6-12(9)15-10-4-3-7-14-8-10/h2,5-6,10H,3-4,7-8,13H2,1H3.